The van der Waals surface area contributed by atoms with Crippen LogP contribution in [0.5, 0.6) is 5.75 Å². The van der Waals surface area contributed by atoms with Gasteiger partial charge >= 0.3 is 11.9 Å². The first-order chi connectivity index (χ1) is 10.3. The fourth-order valence-corrected chi connectivity index (χ4v) is 2.62. The van der Waals surface area contributed by atoms with Crippen molar-refractivity contribution in [1.29, 1.82) is 0 Å². The third kappa shape index (κ3) is 2.34. The predicted octanol–water partition coefficient (Wildman–Crippen LogP) is 1.82. The summed E-state index contributed by atoms with van der Waals surface area (Å²) in [6.07, 6.45) is 0. The normalized spacial score (nSPS) is 23.3. The summed E-state index contributed by atoms with van der Waals surface area (Å²) in [6, 6.07) is 4.88. The Labute approximate surface area is 127 Å². The summed E-state index contributed by atoms with van der Waals surface area (Å²) in [5.41, 5.74) is 1.17. The average molecular weight is 304 g/mol. The SMILES string of the molecule is CC1COc2ccc(C(=O)C3C(=O)OC(C)(C)OC3=O)cc21. The maximum atomic E-state index is 12.5. The van der Waals surface area contributed by atoms with Gasteiger partial charge < -0.3 is 14.2 Å². The highest BCUT2D eigenvalue weighted by atomic mass is 16.7. The second-order valence-corrected chi connectivity index (χ2v) is 6.00. The van der Waals surface area contributed by atoms with Gasteiger partial charge in [-0.05, 0) is 18.2 Å². The average Bonchev–Trinajstić information content (AvgIpc) is 2.77. The fraction of sp³-hybridized carbons (Fsp3) is 0.438. The molecule has 0 amide bonds. The molecule has 0 N–H and O–H groups in total. The van der Waals surface area contributed by atoms with E-state index < -0.39 is 29.4 Å². The number of ketones is 1. The van der Waals surface area contributed by atoms with Crippen molar-refractivity contribution in [3.63, 3.8) is 0 Å². The van der Waals surface area contributed by atoms with Crippen molar-refractivity contribution in [3.8, 4) is 5.75 Å². The van der Waals surface area contributed by atoms with E-state index in [1.165, 1.54) is 13.8 Å². The minimum atomic E-state index is -1.57. The Bertz CT molecular complexity index is 655. The van der Waals surface area contributed by atoms with Crippen molar-refractivity contribution in [2.24, 2.45) is 5.92 Å². The van der Waals surface area contributed by atoms with Crippen LogP contribution in [0.15, 0.2) is 18.2 Å². The number of carbonyl (C=O) groups is 3. The number of fused-ring (bicyclic) bond motifs is 1. The second-order valence-electron chi connectivity index (χ2n) is 6.00. The molecule has 1 aromatic carbocycles. The predicted molar refractivity (Wildman–Crippen MR) is 74.4 cm³/mol. The minimum absolute atomic E-state index is 0.159. The molecule has 0 spiro atoms. The molecule has 0 aliphatic carbocycles. The lowest BCUT2D eigenvalue weighted by Gasteiger charge is -2.32. The van der Waals surface area contributed by atoms with Crippen molar-refractivity contribution in [2.75, 3.05) is 6.61 Å². The monoisotopic (exact) mass is 304 g/mol. The topological polar surface area (TPSA) is 78.9 Å². The molecule has 1 saturated heterocycles. The van der Waals surface area contributed by atoms with Crippen molar-refractivity contribution < 1.29 is 28.6 Å². The van der Waals surface area contributed by atoms with E-state index in [9.17, 15) is 14.4 Å². The highest BCUT2D eigenvalue weighted by Crippen LogP contribution is 2.35. The van der Waals surface area contributed by atoms with Crippen molar-refractivity contribution in [3.05, 3.63) is 29.3 Å². The van der Waals surface area contributed by atoms with E-state index in [0.717, 1.165) is 11.3 Å². The van der Waals surface area contributed by atoms with Crippen LogP contribution in [0.2, 0.25) is 0 Å². The number of carbonyl (C=O) groups excluding carboxylic acids is 3. The van der Waals surface area contributed by atoms with E-state index in [1.807, 2.05) is 6.92 Å². The molecule has 1 fully saturated rings. The summed E-state index contributed by atoms with van der Waals surface area (Å²) in [7, 11) is 0. The Kier molecular flexibility index (Phi) is 3.20. The molecule has 2 aliphatic heterocycles. The summed E-state index contributed by atoms with van der Waals surface area (Å²) in [5.74, 6) is -4.40. The van der Waals surface area contributed by atoms with Crippen molar-refractivity contribution in [2.45, 2.75) is 32.5 Å². The van der Waals surface area contributed by atoms with Crippen LogP contribution in [-0.2, 0) is 19.1 Å². The number of hydrogen-bond donors (Lipinski definition) is 0. The van der Waals surface area contributed by atoms with Crippen LogP contribution in [0.1, 0.15) is 42.6 Å². The molecule has 6 nitrogen and oxygen atoms in total. The molecule has 0 radical (unpaired) electrons. The maximum Gasteiger partial charge on any atom is 0.331 e. The van der Waals surface area contributed by atoms with Gasteiger partial charge in [0.15, 0.2) is 5.78 Å². The van der Waals surface area contributed by atoms with Gasteiger partial charge in [0.05, 0.1) is 6.61 Å². The van der Waals surface area contributed by atoms with Crippen LogP contribution in [-0.4, -0.2) is 30.1 Å². The van der Waals surface area contributed by atoms with Crippen LogP contribution < -0.4 is 4.74 Å². The van der Waals surface area contributed by atoms with E-state index in [2.05, 4.69) is 0 Å². The van der Waals surface area contributed by atoms with Crippen molar-refractivity contribution >= 4 is 17.7 Å². The molecular formula is C16H16O6. The number of hydrogen-bond acceptors (Lipinski definition) is 6. The lowest BCUT2D eigenvalue weighted by atomic mass is 9.93. The van der Waals surface area contributed by atoms with E-state index in [4.69, 9.17) is 14.2 Å². The Morgan fingerprint density at radius 2 is 1.82 bits per heavy atom. The molecule has 0 aromatic heterocycles. The van der Waals surface area contributed by atoms with E-state index in [0.29, 0.717) is 6.61 Å². The van der Waals surface area contributed by atoms with E-state index in [-0.39, 0.29) is 11.5 Å². The number of rotatable bonds is 2. The van der Waals surface area contributed by atoms with Crippen LogP contribution in [0.25, 0.3) is 0 Å². The summed E-state index contributed by atoms with van der Waals surface area (Å²) in [6.45, 7) is 5.41. The molecule has 3 rings (SSSR count). The third-order valence-corrected chi connectivity index (χ3v) is 3.74. The Balaban J connectivity index is 1.90. The maximum absolute atomic E-state index is 12.5. The standard InChI is InChI=1S/C16H16O6/c1-8-7-20-11-5-4-9(6-10(8)11)13(17)12-14(18)21-16(2,3)22-15(12)19/h4-6,8,12H,7H2,1-3H3. The second kappa shape index (κ2) is 4.83. The number of cyclic esters (lactones) is 2. The van der Waals surface area contributed by atoms with Gasteiger partial charge in [-0.2, -0.15) is 0 Å². The number of esters is 2. The Morgan fingerprint density at radius 3 is 2.45 bits per heavy atom. The van der Waals surface area contributed by atoms with Crippen LogP contribution >= 0.6 is 0 Å². The lowest BCUT2D eigenvalue weighted by molar-refractivity contribution is -0.236. The van der Waals surface area contributed by atoms with Crippen LogP contribution in [0.3, 0.4) is 0 Å². The van der Waals surface area contributed by atoms with Gasteiger partial charge in [0.25, 0.3) is 5.79 Å². The van der Waals surface area contributed by atoms with Gasteiger partial charge in [0.1, 0.15) is 5.75 Å². The zero-order valence-electron chi connectivity index (χ0n) is 12.5. The molecule has 6 heteroatoms. The lowest BCUT2D eigenvalue weighted by Crippen LogP contribution is -2.49. The Hall–Kier alpha value is -2.37. The molecule has 22 heavy (non-hydrogen) atoms. The minimum Gasteiger partial charge on any atom is -0.493 e. The first-order valence-electron chi connectivity index (χ1n) is 7.05. The van der Waals surface area contributed by atoms with Crippen LogP contribution in [0.4, 0.5) is 0 Å². The summed E-state index contributed by atoms with van der Waals surface area (Å²) in [5, 5.41) is 0. The highest BCUT2D eigenvalue weighted by molar-refractivity contribution is 6.21. The first-order valence-corrected chi connectivity index (χ1v) is 7.05. The summed E-state index contributed by atoms with van der Waals surface area (Å²) in [4.78, 5) is 36.4. The molecule has 2 aliphatic rings. The summed E-state index contributed by atoms with van der Waals surface area (Å²) < 4.78 is 15.4. The molecule has 116 valence electrons. The van der Waals surface area contributed by atoms with Crippen molar-refractivity contribution in [1.82, 2.24) is 0 Å². The Morgan fingerprint density at radius 1 is 1.18 bits per heavy atom. The third-order valence-electron chi connectivity index (χ3n) is 3.74. The van der Waals surface area contributed by atoms with Gasteiger partial charge in [0.2, 0.25) is 5.92 Å². The molecule has 1 unspecified atom stereocenters. The largest absolute Gasteiger partial charge is 0.493 e. The van der Waals surface area contributed by atoms with Gasteiger partial charge in [-0.25, -0.2) is 0 Å². The molecule has 0 bridgehead atoms. The van der Waals surface area contributed by atoms with E-state index in [1.54, 1.807) is 18.2 Å². The smallest absolute Gasteiger partial charge is 0.331 e. The quantitative estimate of drug-likeness (QED) is 0.471. The molecule has 2 heterocycles. The molecule has 1 atom stereocenters. The van der Waals surface area contributed by atoms with Gasteiger partial charge in [-0.3, -0.25) is 14.4 Å². The molecule has 0 saturated carbocycles. The van der Waals surface area contributed by atoms with Gasteiger partial charge in [-0.15, -0.1) is 0 Å². The number of benzene rings is 1. The van der Waals surface area contributed by atoms with Crippen LogP contribution in [0, 0.1) is 5.92 Å². The van der Waals surface area contributed by atoms with E-state index >= 15 is 0 Å². The molecule has 1 aromatic rings. The zero-order chi connectivity index (χ0) is 16.1. The zero-order valence-corrected chi connectivity index (χ0v) is 12.5. The number of Topliss-reactive ketones (excluding diaryl/α,β-unsaturated/α-hetero) is 1. The number of ether oxygens (including phenoxy) is 3. The molecular weight excluding hydrogens is 288 g/mol. The van der Waals surface area contributed by atoms with Gasteiger partial charge in [0, 0.05) is 30.9 Å². The van der Waals surface area contributed by atoms with Gasteiger partial charge in [-0.1, -0.05) is 6.92 Å². The first kappa shape index (κ1) is 14.6. The summed E-state index contributed by atoms with van der Waals surface area (Å²) >= 11 is 0. The highest BCUT2D eigenvalue weighted by Gasteiger charge is 2.47. The fourth-order valence-electron chi connectivity index (χ4n) is 2.62.